The molecule has 3 N–H and O–H groups in total. The van der Waals surface area contributed by atoms with E-state index < -0.39 is 33.4 Å². The molecular formula is C22H24N4O5S. The van der Waals surface area contributed by atoms with Gasteiger partial charge >= 0.3 is 6.03 Å². The van der Waals surface area contributed by atoms with E-state index in [2.05, 4.69) is 15.5 Å². The first-order valence-electron chi connectivity index (χ1n) is 10.4. The highest BCUT2D eigenvalue weighted by Gasteiger charge is 2.52. The Kier molecular flexibility index (Phi) is 5.64. The van der Waals surface area contributed by atoms with E-state index in [1.807, 2.05) is 6.92 Å². The Balaban J connectivity index is 1.44. The van der Waals surface area contributed by atoms with Gasteiger partial charge in [-0.25, -0.2) is 13.2 Å². The normalized spacial score (nSPS) is 17.8. The maximum absolute atomic E-state index is 12.8. The van der Waals surface area contributed by atoms with E-state index in [9.17, 15) is 22.8 Å². The number of rotatable bonds is 5. The fourth-order valence-electron chi connectivity index (χ4n) is 4.00. The van der Waals surface area contributed by atoms with Crippen LogP contribution in [-0.4, -0.2) is 36.8 Å². The van der Waals surface area contributed by atoms with Crippen LogP contribution < -0.4 is 15.5 Å². The number of aryl methyl sites for hydroxylation is 1. The molecule has 10 heteroatoms. The first kappa shape index (κ1) is 21.8. The minimum atomic E-state index is -3.84. The molecular weight excluding hydrogens is 432 g/mol. The van der Waals surface area contributed by atoms with Gasteiger partial charge in [0.25, 0.3) is 21.8 Å². The third-order valence-corrected chi connectivity index (χ3v) is 7.21. The Labute approximate surface area is 186 Å². The van der Waals surface area contributed by atoms with Crippen molar-refractivity contribution >= 4 is 33.6 Å². The van der Waals surface area contributed by atoms with Gasteiger partial charge in [-0.05, 0) is 56.2 Å². The van der Waals surface area contributed by atoms with E-state index in [-0.39, 0.29) is 10.5 Å². The minimum absolute atomic E-state index is 0.0224. The lowest BCUT2D eigenvalue weighted by Gasteiger charge is -2.30. The fourth-order valence-corrected chi connectivity index (χ4v) is 5.06. The number of urea groups is 1. The van der Waals surface area contributed by atoms with Crippen molar-refractivity contribution in [1.29, 1.82) is 0 Å². The Morgan fingerprint density at radius 2 is 1.59 bits per heavy atom. The van der Waals surface area contributed by atoms with Gasteiger partial charge in [-0.15, -0.1) is 0 Å². The Hall–Kier alpha value is -3.40. The number of sulfonamides is 1. The summed E-state index contributed by atoms with van der Waals surface area (Å²) < 4.78 is 27.7. The number of nitrogens with one attached hydrogen (secondary N) is 3. The molecule has 32 heavy (non-hydrogen) atoms. The molecule has 9 nitrogen and oxygen atoms in total. The van der Waals surface area contributed by atoms with Gasteiger partial charge in [0, 0.05) is 11.3 Å². The standard InChI is InChI=1S/C22H24N4O5S/c1-15-5-9-17(10-6-15)25-32(30,31)18-11-7-16(8-12-18)19(27)24-26-20(28)22(23-21(26)29)13-3-2-4-14-22/h5-12,25H,2-4,13-14H2,1H3,(H,23,29)(H,24,27). The molecule has 168 valence electrons. The molecule has 1 saturated heterocycles. The first-order valence-corrected chi connectivity index (χ1v) is 11.9. The third-order valence-electron chi connectivity index (χ3n) is 5.81. The number of carbonyl (C=O) groups is 3. The molecule has 2 aromatic carbocycles. The Morgan fingerprint density at radius 3 is 2.22 bits per heavy atom. The number of carbonyl (C=O) groups excluding carboxylic acids is 3. The summed E-state index contributed by atoms with van der Waals surface area (Å²) >= 11 is 0. The van der Waals surface area contributed by atoms with Crippen molar-refractivity contribution in [3.05, 3.63) is 59.7 Å². The molecule has 4 rings (SSSR count). The second kappa shape index (κ2) is 8.27. The monoisotopic (exact) mass is 456 g/mol. The summed E-state index contributed by atoms with van der Waals surface area (Å²) in [6.07, 6.45) is 3.76. The third kappa shape index (κ3) is 4.18. The van der Waals surface area contributed by atoms with E-state index in [1.165, 1.54) is 24.3 Å². The van der Waals surface area contributed by atoms with Crippen LogP contribution >= 0.6 is 0 Å². The van der Waals surface area contributed by atoms with Crippen molar-refractivity contribution in [2.24, 2.45) is 0 Å². The van der Waals surface area contributed by atoms with E-state index in [0.29, 0.717) is 18.5 Å². The second-order valence-electron chi connectivity index (χ2n) is 8.15. The number of hydrazine groups is 1. The largest absolute Gasteiger partial charge is 0.344 e. The lowest BCUT2D eigenvalue weighted by Crippen LogP contribution is -2.50. The number of nitrogens with zero attached hydrogens (tertiary/aromatic N) is 1. The highest BCUT2D eigenvalue weighted by atomic mass is 32.2. The van der Waals surface area contributed by atoms with Crippen LogP contribution in [0.5, 0.6) is 0 Å². The summed E-state index contributed by atoms with van der Waals surface area (Å²) in [6.45, 7) is 1.90. The molecule has 0 radical (unpaired) electrons. The average Bonchev–Trinajstić information content (AvgIpc) is 2.99. The Morgan fingerprint density at radius 1 is 0.969 bits per heavy atom. The molecule has 0 aromatic heterocycles. The highest BCUT2D eigenvalue weighted by molar-refractivity contribution is 7.92. The number of benzene rings is 2. The minimum Gasteiger partial charge on any atom is -0.322 e. The lowest BCUT2D eigenvalue weighted by molar-refractivity contribution is -0.134. The summed E-state index contributed by atoms with van der Waals surface area (Å²) in [4.78, 5) is 37.7. The number of anilines is 1. The molecule has 0 unspecified atom stereocenters. The van der Waals surface area contributed by atoms with Crippen molar-refractivity contribution < 1.29 is 22.8 Å². The quantitative estimate of drug-likeness (QED) is 0.597. The lowest BCUT2D eigenvalue weighted by atomic mass is 9.82. The van der Waals surface area contributed by atoms with Gasteiger partial charge in [-0.2, -0.15) is 5.01 Å². The van der Waals surface area contributed by atoms with Crippen molar-refractivity contribution in [2.75, 3.05) is 4.72 Å². The van der Waals surface area contributed by atoms with Gasteiger partial charge in [0.2, 0.25) is 0 Å². The maximum Gasteiger partial charge on any atom is 0.344 e. The summed E-state index contributed by atoms with van der Waals surface area (Å²) in [7, 11) is -3.84. The van der Waals surface area contributed by atoms with Crippen LogP contribution in [0.1, 0.15) is 48.0 Å². The summed E-state index contributed by atoms with van der Waals surface area (Å²) in [5.74, 6) is -1.14. The molecule has 2 aliphatic rings. The van der Waals surface area contributed by atoms with Crippen molar-refractivity contribution in [3.63, 3.8) is 0 Å². The van der Waals surface area contributed by atoms with Gasteiger partial charge in [-0.3, -0.25) is 19.7 Å². The molecule has 1 aliphatic heterocycles. The Bertz CT molecular complexity index is 1150. The van der Waals surface area contributed by atoms with Gasteiger partial charge in [0.15, 0.2) is 0 Å². The SMILES string of the molecule is Cc1ccc(NS(=O)(=O)c2ccc(C(=O)NN3C(=O)NC4(CCCCC4)C3=O)cc2)cc1. The molecule has 0 atom stereocenters. The molecule has 1 heterocycles. The summed E-state index contributed by atoms with van der Waals surface area (Å²) in [5, 5.41) is 3.44. The van der Waals surface area contributed by atoms with Crippen LogP contribution in [0.3, 0.4) is 0 Å². The number of hydrogen-bond acceptors (Lipinski definition) is 5. The van der Waals surface area contributed by atoms with Crippen molar-refractivity contribution in [2.45, 2.75) is 49.5 Å². The fraction of sp³-hybridized carbons (Fsp3) is 0.318. The summed E-state index contributed by atoms with van der Waals surface area (Å²) in [6, 6.07) is 11.5. The van der Waals surface area contributed by atoms with Crippen LogP contribution in [0.2, 0.25) is 0 Å². The summed E-state index contributed by atoms with van der Waals surface area (Å²) in [5.41, 5.74) is 2.94. The molecule has 2 fully saturated rings. The van der Waals surface area contributed by atoms with Gasteiger partial charge < -0.3 is 5.32 Å². The number of amides is 4. The predicted octanol–water partition coefficient (Wildman–Crippen LogP) is 2.70. The number of hydrogen-bond donors (Lipinski definition) is 3. The van der Waals surface area contributed by atoms with E-state index in [4.69, 9.17) is 0 Å². The number of imide groups is 1. The van der Waals surface area contributed by atoms with Crippen LogP contribution in [0.4, 0.5) is 10.5 Å². The molecule has 1 spiro atoms. The van der Waals surface area contributed by atoms with Gasteiger partial charge in [-0.1, -0.05) is 37.0 Å². The molecule has 0 bridgehead atoms. The van der Waals surface area contributed by atoms with Gasteiger partial charge in [0.1, 0.15) is 5.54 Å². The van der Waals surface area contributed by atoms with Crippen LogP contribution in [0, 0.1) is 6.92 Å². The smallest absolute Gasteiger partial charge is 0.322 e. The van der Waals surface area contributed by atoms with Crippen molar-refractivity contribution in [1.82, 2.24) is 15.8 Å². The maximum atomic E-state index is 12.8. The predicted molar refractivity (Wildman–Crippen MR) is 117 cm³/mol. The van der Waals surface area contributed by atoms with Crippen LogP contribution in [-0.2, 0) is 14.8 Å². The first-order chi connectivity index (χ1) is 15.2. The van der Waals surface area contributed by atoms with E-state index in [0.717, 1.165) is 29.8 Å². The zero-order valence-corrected chi connectivity index (χ0v) is 18.4. The molecule has 4 amide bonds. The zero-order valence-electron chi connectivity index (χ0n) is 17.6. The molecule has 1 saturated carbocycles. The van der Waals surface area contributed by atoms with E-state index in [1.54, 1.807) is 24.3 Å². The van der Waals surface area contributed by atoms with Gasteiger partial charge in [0.05, 0.1) is 4.90 Å². The second-order valence-corrected chi connectivity index (χ2v) is 9.83. The van der Waals surface area contributed by atoms with E-state index >= 15 is 0 Å². The topological polar surface area (TPSA) is 125 Å². The average molecular weight is 457 g/mol. The van der Waals surface area contributed by atoms with Crippen molar-refractivity contribution in [3.8, 4) is 0 Å². The molecule has 2 aromatic rings. The van der Waals surface area contributed by atoms with Crippen LogP contribution in [0.15, 0.2) is 53.4 Å². The highest BCUT2D eigenvalue weighted by Crippen LogP contribution is 2.33. The zero-order chi connectivity index (χ0) is 22.9. The van der Waals surface area contributed by atoms with Crippen LogP contribution in [0.25, 0.3) is 0 Å². The molecule has 1 aliphatic carbocycles.